The lowest BCUT2D eigenvalue weighted by atomic mass is 10.0. The van der Waals surface area contributed by atoms with Crippen LogP contribution >= 0.6 is 0 Å². The fourth-order valence-electron chi connectivity index (χ4n) is 1.85. The minimum atomic E-state index is -0.664. The first-order valence-electron chi connectivity index (χ1n) is 6.05. The molecule has 0 amide bonds. The molecule has 0 saturated carbocycles. The van der Waals surface area contributed by atoms with E-state index in [1.54, 1.807) is 13.0 Å². The number of aliphatic hydroxyl groups is 1. The standard InChI is InChI=1S/C14H22FNO/c1-9(2)10(3)16(5)14-7-6-12(15)8-13(14)11(4)17/h6-11,17H,1-5H3/t10?,11-/m0/s1. The van der Waals surface area contributed by atoms with E-state index in [1.807, 2.05) is 7.05 Å². The van der Waals surface area contributed by atoms with Gasteiger partial charge < -0.3 is 10.0 Å². The van der Waals surface area contributed by atoms with Crippen molar-refractivity contribution >= 4 is 5.69 Å². The van der Waals surface area contributed by atoms with Gasteiger partial charge >= 0.3 is 0 Å². The van der Waals surface area contributed by atoms with Crippen molar-refractivity contribution in [3.05, 3.63) is 29.6 Å². The van der Waals surface area contributed by atoms with Crippen LogP contribution in [-0.4, -0.2) is 18.2 Å². The van der Waals surface area contributed by atoms with Crippen LogP contribution in [0.25, 0.3) is 0 Å². The van der Waals surface area contributed by atoms with Gasteiger partial charge in [0.1, 0.15) is 5.82 Å². The van der Waals surface area contributed by atoms with E-state index in [0.29, 0.717) is 17.5 Å². The number of benzene rings is 1. The maximum atomic E-state index is 13.2. The van der Waals surface area contributed by atoms with Gasteiger partial charge in [0, 0.05) is 24.3 Å². The Morgan fingerprint density at radius 2 is 1.76 bits per heavy atom. The normalized spacial score (nSPS) is 14.8. The third kappa shape index (κ3) is 3.19. The van der Waals surface area contributed by atoms with E-state index < -0.39 is 6.10 Å². The van der Waals surface area contributed by atoms with Crippen molar-refractivity contribution in [2.45, 2.75) is 39.8 Å². The Kier molecular flexibility index (Phi) is 4.52. The lowest BCUT2D eigenvalue weighted by Crippen LogP contribution is -2.34. The smallest absolute Gasteiger partial charge is 0.123 e. The number of halogens is 1. The third-order valence-corrected chi connectivity index (χ3v) is 3.40. The Hall–Kier alpha value is -1.09. The number of aliphatic hydroxyl groups excluding tert-OH is 1. The predicted octanol–water partition coefficient (Wildman–Crippen LogP) is 3.36. The molecule has 0 aliphatic carbocycles. The van der Waals surface area contributed by atoms with Crippen LogP contribution in [0.4, 0.5) is 10.1 Å². The second kappa shape index (κ2) is 5.50. The largest absolute Gasteiger partial charge is 0.389 e. The molecular weight excluding hydrogens is 217 g/mol. The van der Waals surface area contributed by atoms with Crippen LogP contribution in [0.3, 0.4) is 0 Å². The molecule has 1 rings (SSSR count). The average molecular weight is 239 g/mol. The first-order valence-corrected chi connectivity index (χ1v) is 6.05. The fraction of sp³-hybridized carbons (Fsp3) is 0.571. The molecule has 0 aliphatic heterocycles. The fourth-order valence-corrected chi connectivity index (χ4v) is 1.85. The summed E-state index contributed by atoms with van der Waals surface area (Å²) in [6.45, 7) is 8.07. The van der Waals surface area contributed by atoms with Gasteiger partial charge in [0.15, 0.2) is 0 Å². The van der Waals surface area contributed by atoms with E-state index in [4.69, 9.17) is 0 Å². The van der Waals surface area contributed by atoms with Crippen molar-refractivity contribution in [2.24, 2.45) is 5.92 Å². The summed E-state index contributed by atoms with van der Waals surface area (Å²) in [4.78, 5) is 2.09. The molecule has 1 aromatic rings. The summed E-state index contributed by atoms with van der Waals surface area (Å²) < 4.78 is 13.2. The van der Waals surface area contributed by atoms with Crippen molar-refractivity contribution < 1.29 is 9.50 Å². The Balaban J connectivity index is 3.12. The number of hydrogen-bond donors (Lipinski definition) is 1. The summed E-state index contributed by atoms with van der Waals surface area (Å²) in [5, 5.41) is 9.70. The van der Waals surface area contributed by atoms with Gasteiger partial charge in [-0.25, -0.2) is 4.39 Å². The lowest BCUT2D eigenvalue weighted by Gasteiger charge is -2.32. The summed E-state index contributed by atoms with van der Waals surface area (Å²) in [6, 6.07) is 4.91. The van der Waals surface area contributed by atoms with E-state index in [-0.39, 0.29) is 5.82 Å². The van der Waals surface area contributed by atoms with Gasteiger partial charge in [0.2, 0.25) is 0 Å². The van der Waals surface area contributed by atoms with E-state index in [1.165, 1.54) is 12.1 Å². The van der Waals surface area contributed by atoms with Crippen molar-refractivity contribution in [1.82, 2.24) is 0 Å². The molecule has 1 aromatic carbocycles. The van der Waals surface area contributed by atoms with Crippen molar-refractivity contribution in [3.63, 3.8) is 0 Å². The molecule has 2 nitrogen and oxygen atoms in total. The molecule has 0 radical (unpaired) electrons. The molecule has 96 valence electrons. The van der Waals surface area contributed by atoms with Crippen LogP contribution < -0.4 is 4.90 Å². The Labute approximate surface area is 103 Å². The second-order valence-corrected chi connectivity index (χ2v) is 4.97. The predicted molar refractivity (Wildman–Crippen MR) is 69.7 cm³/mol. The number of nitrogens with zero attached hydrogens (tertiary/aromatic N) is 1. The quantitative estimate of drug-likeness (QED) is 0.871. The van der Waals surface area contributed by atoms with Crippen LogP contribution in [0.15, 0.2) is 18.2 Å². The third-order valence-electron chi connectivity index (χ3n) is 3.40. The highest BCUT2D eigenvalue weighted by Crippen LogP contribution is 2.29. The summed E-state index contributed by atoms with van der Waals surface area (Å²) >= 11 is 0. The molecule has 17 heavy (non-hydrogen) atoms. The molecule has 2 atom stereocenters. The zero-order valence-electron chi connectivity index (χ0n) is 11.2. The van der Waals surface area contributed by atoms with Gasteiger partial charge in [-0.05, 0) is 38.0 Å². The maximum absolute atomic E-state index is 13.2. The first kappa shape index (κ1) is 14.0. The molecule has 1 N–H and O–H groups in total. The molecule has 0 aromatic heterocycles. The van der Waals surface area contributed by atoms with Gasteiger partial charge in [-0.1, -0.05) is 13.8 Å². The molecule has 3 heteroatoms. The van der Waals surface area contributed by atoms with Crippen LogP contribution in [0, 0.1) is 11.7 Å². The second-order valence-electron chi connectivity index (χ2n) is 4.97. The summed E-state index contributed by atoms with van der Waals surface area (Å²) in [5.74, 6) is 0.183. The van der Waals surface area contributed by atoms with E-state index >= 15 is 0 Å². The van der Waals surface area contributed by atoms with Crippen LogP contribution in [-0.2, 0) is 0 Å². The Morgan fingerprint density at radius 1 is 1.18 bits per heavy atom. The van der Waals surface area contributed by atoms with Crippen LogP contribution in [0.5, 0.6) is 0 Å². The monoisotopic (exact) mass is 239 g/mol. The first-order chi connectivity index (χ1) is 7.84. The topological polar surface area (TPSA) is 23.5 Å². The van der Waals surface area contributed by atoms with E-state index in [0.717, 1.165) is 5.69 Å². The van der Waals surface area contributed by atoms with Crippen molar-refractivity contribution in [1.29, 1.82) is 0 Å². The van der Waals surface area contributed by atoms with Gasteiger partial charge in [0.05, 0.1) is 6.10 Å². The van der Waals surface area contributed by atoms with Gasteiger partial charge in [-0.2, -0.15) is 0 Å². The molecule has 0 saturated heterocycles. The van der Waals surface area contributed by atoms with Gasteiger partial charge in [0.25, 0.3) is 0 Å². The lowest BCUT2D eigenvalue weighted by molar-refractivity contribution is 0.199. The minimum absolute atomic E-state index is 0.310. The molecule has 1 unspecified atom stereocenters. The average Bonchev–Trinajstić information content (AvgIpc) is 2.26. The van der Waals surface area contributed by atoms with Crippen LogP contribution in [0.1, 0.15) is 39.4 Å². The maximum Gasteiger partial charge on any atom is 0.123 e. The highest BCUT2D eigenvalue weighted by atomic mass is 19.1. The van der Waals surface area contributed by atoms with E-state index in [2.05, 4.69) is 25.7 Å². The summed E-state index contributed by atoms with van der Waals surface area (Å²) in [7, 11) is 1.98. The molecular formula is C14H22FNO. The molecule has 0 aliphatic rings. The van der Waals surface area contributed by atoms with Gasteiger partial charge in [-0.3, -0.25) is 0 Å². The SMILES string of the molecule is CC(C)C(C)N(C)c1ccc(F)cc1[C@H](C)O. The molecule has 0 spiro atoms. The minimum Gasteiger partial charge on any atom is -0.389 e. The van der Waals surface area contributed by atoms with Crippen molar-refractivity contribution in [2.75, 3.05) is 11.9 Å². The Morgan fingerprint density at radius 3 is 2.24 bits per heavy atom. The van der Waals surface area contributed by atoms with Crippen molar-refractivity contribution in [3.8, 4) is 0 Å². The number of anilines is 1. The zero-order chi connectivity index (χ0) is 13.2. The van der Waals surface area contributed by atoms with E-state index in [9.17, 15) is 9.50 Å². The van der Waals surface area contributed by atoms with Gasteiger partial charge in [-0.15, -0.1) is 0 Å². The molecule has 0 heterocycles. The molecule has 0 fully saturated rings. The number of hydrogen-bond acceptors (Lipinski definition) is 2. The molecule has 0 bridgehead atoms. The summed E-state index contributed by atoms with van der Waals surface area (Å²) in [6.07, 6.45) is -0.664. The highest BCUT2D eigenvalue weighted by molar-refractivity contribution is 5.55. The number of rotatable bonds is 4. The zero-order valence-corrected chi connectivity index (χ0v) is 11.2. The highest BCUT2D eigenvalue weighted by Gasteiger charge is 2.18. The Bertz CT molecular complexity index is 376. The van der Waals surface area contributed by atoms with Crippen LogP contribution in [0.2, 0.25) is 0 Å². The summed E-state index contributed by atoms with van der Waals surface area (Å²) in [5.41, 5.74) is 1.53.